The Hall–Kier alpha value is -2.65. The topological polar surface area (TPSA) is 55.2 Å². The molecule has 3 rings (SSSR count). The Labute approximate surface area is 153 Å². The van der Waals surface area contributed by atoms with Gasteiger partial charge in [-0.2, -0.15) is 5.26 Å². The number of nitriles is 1. The quantitative estimate of drug-likeness (QED) is 0.839. The van der Waals surface area contributed by atoms with Crippen LogP contribution in [-0.4, -0.2) is 41.2 Å². The molecule has 128 valence electrons. The van der Waals surface area contributed by atoms with Crippen molar-refractivity contribution >= 4 is 28.8 Å². The number of nitrogens with one attached hydrogen (secondary N) is 1. The van der Waals surface area contributed by atoms with Crippen molar-refractivity contribution in [2.24, 2.45) is 0 Å². The Morgan fingerprint density at radius 3 is 2.60 bits per heavy atom. The Morgan fingerprint density at radius 2 is 1.92 bits per heavy atom. The van der Waals surface area contributed by atoms with Crippen LogP contribution < -0.4 is 10.2 Å². The fourth-order valence-electron chi connectivity index (χ4n) is 3.03. The molecule has 0 radical (unpaired) electrons. The van der Waals surface area contributed by atoms with Gasteiger partial charge in [0.1, 0.15) is 5.82 Å². The molecule has 1 N–H and O–H groups in total. The molecule has 5 nitrogen and oxygen atoms in total. The standard InChI is InChI=1S/C19H21N5S/c1-14-10-15(2)21-18(11-14)22-19(25)24-8-6-23(7-9-24)17-5-3-4-16(12-17)13-20/h3-5,10-12H,6-9H2,1-2H3,(H,21,22,25). The minimum atomic E-state index is 0.693. The highest BCUT2D eigenvalue weighted by molar-refractivity contribution is 7.80. The maximum absolute atomic E-state index is 9.05. The van der Waals surface area contributed by atoms with Crippen molar-refractivity contribution in [3.63, 3.8) is 0 Å². The fourth-order valence-corrected chi connectivity index (χ4v) is 3.32. The predicted molar refractivity (Wildman–Crippen MR) is 105 cm³/mol. The van der Waals surface area contributed by atoms with E-state index in [1.165, 1.54) is 5.56 Å². The highest BCUT2D eigenvalue weighted by atomic mass is 32.1. The van der Waals surface area contributed by atoms with Crippen LogP contribution in [0.25, 0.3) is 0 Å². The second-order valence-electron chi connectivity index (χ2n) is 6.24. The second kappa shape index (κ2) is 7.49. The van der Waals surface area contributed by atoms with E-state index in [-0.39, 0.29) is 0 Å². The Bertz CT molecular complexity index is 799. The summed E-state index contributed by atoms with van der Waals surface area (Å²) in [5.74, 6) is 0.798. The van der Waals surface area contributed by atoms with Crippen LogP contribution in [0.3, 0.4) is 0 Å². The van der Waals surface area contributed by atoms with E-state index in [9.17, 15) is 0 Å². The van der Waals surface area contributed by atoms with Gasteiger partial charge in [0.25, 0.3) is 0 Å². The third kappa shape index (κ3) is 4.25. The predicted octanol–water partition coefficient (Wildman–Crippen LogP) is 3.09. The fraction of sp³-hybridized carbons (Fsp3) is 0.316. The average Bonchev–Trinajstić information content (AvgIpc) is 2.61. The van der Waals surface area contributed by atoms with Gasteiger partial charge in [-0.1, -0.05) is 6.07 Å². The van der Waals surface area contributed by atoms with Crippen molar-refractivity contribution in [2.45, 2.75) is 13.8 Å². The van der Waals surface area contributed by atoms with E-state index >= 15 is 0 Å². The lowest BCUT2D eigenvalue weighted by atomic mass is 10.2. The van der Waals surface area contributed by atoms with Crippen LogP contribution in [0.2, 0.25) is 0 Å². The maximum atomic E-state index is 9.05. The molecule has 0 unspecified atom stereocenters. The van der Waals surface area contributed by atoms with Crippen LogP contribution in [0.15, 0.2) is 36.4 Å². The van der Waals surface area contributed by atoms with Gasteiger partial charge < -0.3 is 15.1 Å². The van der Waals surface area contributed by atoms with Crippen molar-refractivity contribution in [2.75, 3.05) is 36.4 Å². The molecule has 6 heteroatoms. The van der Waals surface area contributed by atoms with Gasteiger partial charge in [0.05, 0.1) is 11.6 Å². The molecule has 1 fully saturated rings. The number of hydrogen-bond donors (Lipinski definition) is 1. The molecule has 1 saturated heterocycles. The number of pyridine rings is 1. The highest BCUT2D eigenvalue weighted by Crippen LogP contribution is 2.18. The summed E-state index contributed by atoms with van der Waals surface area (Å²) in [5, 5.41) is 13.0. The maximum Gasteiger partial charge on any atom is 0.174 e. The van der Waals surface area contributed by atoms with Gasteiger partial charge in [0.15, 0.2) is 5.11 Å². The van der Waals surface area contributed by atoms with Gasteiger partial charge in [0.2, 0.25) is 0 Å². The van der Waals surface area contributed by atoms with Crippen molar-refractivity contribution in [1.82, 2.24) is 9.88 Å². The molecular formula is C19H21N5S. The zero-order valence-corrected chi connectivity index (χ0v) is 15.3. The third-order valence-corrected chi connectivity index (χ3v) is 4.60. The summed E-state index contributed by atoms with van der Waals surface area (Å²) in [5.41, 5.74) is 3.93. The summed E-state index contributed by atoms with van der Waals surface area (Å²) < 4.78 is 0. The summed E-state index contributed by atoms with van der Waals surface area (Å²) in [4.78, 5) is 8.94. The summed E-state index contributed by atoms with van der Waals surface area (Å²) in [6.45, 7) is 7.46. The van der Waals surface area contributed by atoms with Gasteiger partial charge in [-0.15, -0.1) is 0 Å². The molecule has 1 aliphatic rings. The molecule has 2 aromatic rings. The summed E-state index contributed by atoms with van der Waals surface area (Å²) in [6.07, 6.45) is 0. The summed E-state index contributed by atoms with van der Waals surface area (Å²) in [7, 11) is 0. The molecule has 1 aliphatic heterocycles. The van der Waals surface area contributed by atoms with E-state index in [4.69, 9.17) is 17.5 Å². The first-order valence-corrected chi connectivity index (χ1v) is 8.72. The number of hydrogen-bond acceptors (Lipinski definition) is 4. The molecule has 0 saturated carbocycles. The molecule has 2 heterocycles. The van der Waals surface area contributed by atoms with Gasteiger partial charge in [-0.05, 0) is 62.0 Å². The smallest absolute Gasteiger partial charge is 0.174 e. The van der Waals surface area contributed by atoms with Crippen LogP contribution in [0, 0.1) is 25.2 Å². The van der Waals surface area contributed by atoms with Crippen molar-refractivity contribution < 1.29 is 0 Å². The van der Waals surface area contributed by atoms with Gasteiger partial charge >= 0.3 is 0 Å². The average molecular weight is 351 g/mol. The van der Waals surface area contributed by atoms with E-state index in [2.05, 4.69) is 33.1 Å². The summed E-state index contributed by atoms with van der Waals surface area (Å²) >= 11 is 5.55. The Kier molecular flexibility index (Phi) is 5.15. The Balaban J connectivity index is 1.60. The molecule has 0 atom stereocenters. The lowest BCUT2D eigenvalue weighted by Gasteiger charge is -2.37. The van der Waals surface area contributed by atoms with Gasteiger partial charge in [-0.25, -0.2) is 4.98 Å². The summed E-state index contributed by atoms with van der Waals surface area (Å²) in [6, 6.07) is 14.0. The first-order chi connectivity index (χ1) is 12.0. The second-order valence-corrected chi connectivity index (χ2v) is 6.62. The number of anilines is 2. The van der Waals surface area contributed by atoms with Crippen LogP contribution in [0.1, 0.15) is 16.8 Å². The number of rotatable bonds is 2. The molecular weight excluding hydrogens is 330 g/mol. The molecule has 0 spiro atoms. The van der Waals surface area contributed by atoms with E-state index < -0.39 is 0 Å². The number of nitrogens with zero attached hydrogens (tertiary/aromatic N) is 4. The normalized spacial score (nSPS) is 14.1. The van der Waals surface area contributed by atoms with Gasteiger partial charge in [-0.3, -0.25) is 0 Å². The van der Waals surface area contributed by atoms with Crippen molar-refractivity contribution in [1.29, 1.82) is 5.26 Å². The number of piperazine rings is 1. The van der Waals surface area contributed by atoms with Crippen LogP contribution >= 0.6 is 12.2 Å². The monoisotopic (exact) mass is 351 g/mol. The minimum absolute atomic E-state index is 0.693. The van der Waals surface area contributed by atoms with E-state index in [1.807, 2.05) is 43.3 Å². The van der Waals surface area contributed by atoms with Crippen molar-refractivity contribution in [3.8, 4) is 6.07 Å². The molecule has 1 aromatic carbocycles. The lowest BCUT2D eigenvalue weighted by molar-refractivity contribution is 0.391. The van der Waals surface area contributed by atoms with Crippen LogP contribution in [0.4, 0.5) is 11.5 Å². The molecule has 0 aliphatic carbocycles. The van der Waals surface area contributed by atoms with Crippen molar-refractivity contribution in [3.05, 3.63) is 53.2 Å². The largest absolute Gasteiger partial charge is 0.368 e. The van der Waals surface area contributed by atoms with Gasteiger partial charge in [0, 0.05) is 37.6 Å². The lowest BCUT2D eigenvalue weighted by Crippen LogP contribution is -2.50. The molecule has 25 heavy (non-hydrogen) atoms. The molecule has 1 aromatic heterocycles. The van der Waals surface area contributed by atoms with E-state index in [0.29, 0.717) is 10.7 Å². The number of benzene rings is 1. The first kappa shape index (κ1) is 17.2. The third-order valence-electron chi connectivity index (χ3n) is 4.24. The number of aromatic nitrogens is 1. The number of aryl methyl sites for hydroxylation is 2. The van der Waals surface area contributed by atoms with Crippen LogP contribution in [-0.2, 0) is 0 Å². The van der Waals surface area contributed by atoms with E-state index in [1.54, 1.807) is 0 Å². The zero-order valence-electron chi connectivity index (χ0n) is 14.5. The highest BCUT2D eigenvalue weighted by Gasteiger charge is 2.19. The zero-order chi connectivity index (χ0) is 17.8. The molecule has 0 bridgehead atoms. The minimum Gasteiger partial charge on any atom is -0.368 e. The Morgan fingerprint density at radius 1 is 1.16 bits per heavy atom. The van der Waals surface area contributed by atoms with Crippen LogP contribution in [0.5, 0.6) is 0 Å². The number of thiocarbonyl (C=S) groups is 1. The molecule has 0 amide bonds. The SMILES string of the molecule is Cc1cc(C)nc(NC(=S)N2CCN(c3cccc(C#N)c3)CC2)c1. The first-order valence-electron chi connectivity index (χ1n) is 8.31. The van der Waals surface area contributed by atoms with E-state index in [0.717, 1.165) is 43.4 Å².